The van der Waals surface area contributed by atoms with E-state index in [-0.39, 0.29) is 24.3 Å². The number of aliphatic hydroxyl groups is 1. The standard InChI is InChI=1S/C33H37N3O5/c1-2-32-16-17-33(41-32)27(26(32)29(38)34-21-22-10-4-3-5-11-22)31(40)36(18-8-9-19-37)28(33)30(39)35-25-15-14-23-12-6-7-13-24(23)20-25/h3-7,10-15,20,26-28,37H,2,8-9,16-19,21H2,1H3,(H,34,38)(H,35,39)/t26-,27-,28?,32+,33?/m0/s1. The fraction of sp³-hybridized carbons (Fsp3) is 0.424. The van der Waals surface area contributed by atoms with Gasteiger partial charge in [-0.1, -0.05) is 67.6 Å². The van der Waals surface area contributed by atoms with Crippen molar-refractivity contribution in [1.29, 1.82) is 0 Å². The molecule has 8 heteroatoms. The van der Waals surface area contributed by atoms with E-state index in [0.717, 1.165) is 16.3 Å². The molecule has 3 saturated heterocycles. The number of hydrogen-bond acceptors (Lipinski definition) is 5. The van der Waals surface area contributed by atoms with Crippen LogP contribution in [0, 0.1) is 11.8 Å². The molecule has 2 bridgehead atoms. The molecular formula is C33H37N3O5. The lowest BCUT2D eigenvalue weighted by Gasteiger charge is -2.34. The first-order valence-electron chi connectivity index (χ1n) is 14.7. The van der Waals surface area contributed by atoms with Crippen LogP contribution in [0.4, 0.5) is 5.69 Å². The third kappa shape index (κ3) is 4.59. The van der Waals surface area contributed by atoms with Crippen LogP contribution in [0.1, 0.15) is 44.6 Å². The van der Waals surface area contributed by atoms with E-state index < -0.39 is 29.1 Å². The van der Waals surface area contributed by atoms with E-state index in [9.17, 15) is 19.5 Å². The van der Waals surface area contributed by atoms with Crippen LogP contribution in [0.15, 0.2) is 72.8 Å². The van der Waals surface area contributed by atoms with Gasteiger partial charge in [-0.2, -0.15) is 0 Å². The average molecular weight is 556 g/mol. The van der Waals surface area contributed by atoms with Gasteiger partial charge in [0.1, 0.15) is 11.6 Å². The first-order valence-corrected chi connectivity index (χ1v) is 14.7. The summed E-state index contributed by atoms with van der Waals surface area (Å²) in [6.07, 6.45) is 2.79. The Labute approximate surface area is 240 Å². The van der Waals surface area contributed by atoms with Crippen LogP contribution in [-0.2, 0) is 25.7 Å². The number of amides is 3. The lowest BCUT2D eigenvalue weighted by molar-refractivity contribution is -0.146. The molecule has 3 heterocycles. The fourth-order valence-electron chi connectivity index (χ4n) is 7.42. The van der Waals surface area contributed by atoms with Gasteiger partial charge in [0.05, 0.1) is 17.4 Å². The van der Waals surface area contributed by atoms with Crippen molar-refractivity contribution in [2.75, 3.05) is 18.5 Å². The minimum Gasteiger partial charge on any atom is -0.396 e. The molecule has 6 rings (SSSR count). The predicted molar refractivity (Wildman–Crippen MR) is 156 cm³/mol. The number of hydrogen-bond donors (Lipinski definition) is 3. The van der Waals surface area contributed by atoms with Crippen molar-refractivity contribution < 1.29 is 24.2 Å². The topological polar surface area (TPSA) is 108 Å². The van der Waals surface area contributed by atoms with E-state index >= 15 is 0 Å². The molecule has 8 nitrogen and oxygen atoms in total. The van der Waals surface area contributed by atoms with Crippen molar-refractivity contribution in [2.24, 2.45) is 11.8 Å². The van der Waals surface area contributed by atoms with Crippen molar-refractivity contribution in [3.8, 4) is 0 Å². The van der Waals surface area contributed by atoms with Crippen molar-refractivity contribution in [2.45, 2.75) is 62.8 Å². The molecule has 3 amide bonds. The highest BCUT2D eigenvalue weighted by molar-refractivity contribution is 6.04. The van der Waals surface area contributed by atoms with Gasteiger partial charge in [-0.15, -0.1) is 0 Å². The maximum Gasteiger partial charge on any atom is 0.250 e. The van der Waals surface area contributed by atoms with Gasteiger partial charge in [-0.25, -0.2) is 0 Å². The van der Waals surface area contributed by atoms with E-state index in [1.165, 1.54) is 0 Å². The van der Waals surface area contributed by atoms with E-state index in [1.54, 1.807) is 4.90 Å². The van der Waals surface area contributed by atoms with E-state index in [4.69, 9.17) is 4.74 Å². The van der Waals surface area contributed by atoms with E-state index in [2.05, 4.69) is 10.6 Å². The number of carbonyl (C=O) groups is 3. The summed E-state index contributed by atoms with van der Waals surface area (Å²) in [7, 11) is 0. The van der Waals surface area contributed by atoms with Gasteiger partial charge < -0.3 is 25.4 Å². The van der Waals surface area contributed by atoms with Crippen LogP contribution < -0.4 is 10.6 Å². The number of benzene rings is 3. The highest BCUT2D eigenvalue weighted by Gasteiger charge is 2.78. The zero-order valence-electron chi connectivity index (χ0n) is 23.3. The van der Waals surface area contributed by atoms with Crippen LogP contribution >= 0.6 is 0 Å². The molecule has 3 aromatic carbocycles. The number of nitrogens with zero attached hydrogens (tertiary/aromatic N) is 1. The molecule has 3 fully saturated rings. The zero-order chi connectivity index (χ0) is 28.6. The number of likely N-dealkylation sites (tertiary alicyclic amines) is 1. The van der Waals surface area contributed by atoms with E-state index in [1.807, 2.05) is 79.7 Å². The van der Waals surface area contributed by atoms with Crippen molar-refractivity contribution in [3.05, 3.63) is 78.4 Å². The molecule has 0 aromatic heterocycles. The summed E-state index contributed by atoms with van der Waals surface area (Å²) in [6.45, 7) is 2.67. The SMILES string of the molecule is CC[C@]12CCC3(O1)C(C(=O)Nc1ccc4ccccc4c1)N(CCCCO)C(=O)[C@@H]3[C@H]2C(=O)NCc1ccccc1. The molecular weight excluding hydrogens is 518 g/mol. The van der Waals surface area contributed by atoms with Crippen molar-refractivity contribution in [3.63, 3.8) is 0 Å². The highest BCUT2D eigenvalue weighted by Crippen LogP contribution is 2.64. The van der Waals surface area contributed by atoms with Crippen molar-refractivity contribution in [1.82, 2.24) is 10.2 Å². The van der Waals surface area contributed by atoms with Crippen LogP contribution in [0.5, 0.6) is 0 Å². The van der Waals surface area contributed by atoms with E-state index in [0.29, 0.717) is 50.9 Å². The molecule has 5 atom stereocenters. The lowest BCUT2D eigenvalue weighted by Crippen LogP contribution is -2.53. The zero-order valence-corrected chi connectivity index (χ0v) is 23.3. The number of carbonyl (C=O) groups excluding carboxylic acids is 3. The number of rotatable bonds is 10. The quantitative estimate of drug-likeness (QED) is 0.328. The average Bonchev–Trinajstić information content (AvgIpc) is 3.60. The molecule has 3 aliphatic heterocycles. The molecule has 0 saturated carbocycles. The molecule has 214 valence electrons. The summed E-state index contributed by atoms with van der Waals surface area (Å²) < 4.78 is 6.82. The second-order valence-corrected chi connectivity index (χ2v) is 11.6. The Morgan fingerprint density at radius 1 is 0.976 bits per heavy atom. The van der Waals surface area contributed by atoms with Gasteiger partial charge in [0, 0.05) is 25.4 Å². The maximum absolute atomic E-state index is 14.2. The summed E-state index contributed by atoms with van der Waals surface area (Å²) in [5.41, 5.74) is -0.255. The Morgan fingerprint density at radius 3 is 2.49 bits per heavy atom. The number of anilines is 1. The minimum absolute atomic E-state index is 0.00448. The second kappa shape index (κ2) is 10.9. The van der Waals surface area contributed by atoms with Crippen LogP contribution in [0.25, 0.3) is 10.8 Å². The smallest absolute Gasteiger partial charge is 0.250 e. The number of ether oxygens (including phenoxy) is 1. The summed E-state index contributed by atoms with van der Waals surface area (Å²) >= 11 is 0. The number of fused-ring (bicyclic) bond motifs is 2. The normalized spacial score (nSPS) is 28.2. The summed E-state index contributed by atoms with van der Waals surface area (Å²) in [6, 6.07) is 22.5. The first kappa shape index (κ1) is 27.4. The second-order valence-electron chi connectivity index (χ2n) is 11.6. The predicted octanol–water partition coefficient (Wildman–Crippen LogP) is 4.02. The maximum atomic E-state index is 14.2. The fourth-order valence-corrected chi connectivity index (χ4v) is 7.42. The molecule has 0 radical (unpaired) electrons. The Hall–Kier alpha value is -3.75. The van der Waals surface area contributed by atoms with Gasteiger partial charge >= 0.3 is 0 Å². The Balaban J connectivity index is 1.32. The Morgan fingerprint density at radius 2 is 1.73 bits per heavy atom. The van der Waals surface area contributed by atoms with Crippen LogP contribution in [0.2, 0.25) is 0 Å². The third-order valence-corrected chi connectivity index (χ3v) is 9.35. The molecule has 3 N–H and O–H groups in total. The highest BCUT2D eigenvalue weighted by atomic mass is 16.5. The van der Waals surface area contributed by atoms with Gasteiger partial charge in [0.25, 0.3) is 0 Å². The summed E-state index contributed by atoms with van der Waals surface area (Å²) in [4.78, 5) is 43.7. The molecule has 2 unspecified atom stereocenters. The number of aliphatic hydroxyl groups excluding tert-OH is 1. The molecule has 0 aliphatic carbocycles. The monoisotopic (exact) mass is 555 g/mol. The van der Waals surface area contributed by atoms with Gasteiger partial charge in [0.2, 0.25) is 17.7 Å². The van der Waals surface area contributed by atoms with Crippen LogP contribution in [-0.4, -0.2) is 58.1 Å². The first-order chi connectivity index (χ1) is 19.9. The van der Waals surface area contributed by atoms with Gasteiger partial charge in [-0.05, 0) is 60.6 Å². The number of unbranched alkanes of at least 4 members (excludes halogenated alkanes) is 1. The summed E-state index contributed by atoms with van der Waals surface area (Å²) in [5, 5.41) is 17.6. The van der Waals surface area contributed by atoms with Gasteiger partial charge in [0.15, 0.2) is 0 Å². The Kier molecular flexibility index (Phi) is 7.30. The summed E-state index contributed by atoms with van der Waals surface area (Å²) in [5.74, 6) is -2.15. The lowest BCUT2D eigenvalue weighted by atomic mass is 9.65. The molecule has 3 aromatic rings. The third-order valence-electron chi connectivity index (χ3n) is 9.35. The molecule has 3 aliphatic rings. The Bertz CT molecular complexity index is 1460. The van der Waals surface area contributed by atoms with Crippen molar-refractivity contribution >= 4 is 34.2 Å². The number of nitrogens with one attached hydrogen (secondary N) is 2. The molecule has 1 spiro atoms. The largest absolute Gasteiger partial charge is 0.396 e. The van der Waals surface area contributed by atoms with Gasteiger partial charge in [-0.3, -0.25) is 14.4 Å². The molecule has 41 heavy (non-hydrogen) atoms. The minimum atomic E-state index is -1.08. The van der Waals surface area contributed by atoms with Crippen LogP contribution in [0.3, 0.4) is 0 Å².